The van der Waals surface area contributed by atoms with Crippen molar-refractivity contribution in [2.75, 3.05) is 26.3 Å². The molecule has 0 radical (unpaired) electrons. The number of aromatic nitrogens is 2. The van der Waals surface area contributed by atoms with Crippen LogP contribution in [0.3, 0.4) is 0 Å². The fourth-order valence-electron chi connectivity index (χ4n) is 2.39. The molecule has 0 N–H and O–H groups in total. The standard InChI is InChI=1S/C18H14ClFN4O3/c19-18-22-11-15(20)16(23-18)27-14-3-1-12(2-4-14)9-13(10-21)17(25)24-5-7-26-8-6-24/h1-4,9,11H,5-8H2/b13-9-. The smallest absolute Gasteiger partial charge is 0.264 e. The normalized spacial score (nSPS) is 14.6. The lowest BCUT2D eigenvalue weighted by molar-refractivity contribution is -0.130. The summed E-state index contributed by atoms with van der Waals surface area (Å²) in [4.78, 5) is 21.2. The van der Waals surface area contributed by atoms with Crippen molar-refractivity contribution in [2.24, 2.45) is 0 Å². The Morgan fingerprint density at radius 1 is 1.33 bits per heavy atom. The van der Waals surface area contributed by atoms with Gasteiger partial charge in [0.25, 0.3) is 11.8 Å². The third-order valence-electron chi connectivity index (χ3n) is 3.74. The Hall–Kier alpha value is -3.02. The second-order valence-corrected chi connectivity index (χ2v) is 5.88. The van der Waals surface area contributed by atoms with E-state index in [0.29, 0.717) is 37.6 Å². The Balaban J connectivity index is 1.73. The number of amides is 1. The summed E-state index contributed by atoms with van der Waals surface area (Å²) in [7, 11) is 0. The Morgan fingerprint density at radius 2 is 2.04 bits per heavy atom. The first-order valence-corrected chi connectivity index (χ1v) is 8.39. The molecule has 1 aromatic heterocycles. The van der Waals surface area contributed by atoms with E-state index in [1.54, 1.807) is 29.2 Å². The maximum absolute atomic E-state index is 13.6. The van der Waals surface area contributed by atoms with Gasteiger partial charge in [-0.3, -0.25) is 4.79 Å². The number of carbonyl (C=O) groups is 1. The molecule has 1 aromatic carbocycles. The van der Waals surface area contributed by atoms with Crippen LogP contribution >= 0.6 is 11.6 Å². The number of rotatable bonds is 4. The number of halogens is 2. The van der Waals surface area contributed by atoms with Crippen molar-refractivity contribution in [3.8, 4) is 17.7 Å². The topological polar surface area (TPSA) is 88.3 Å². The summed E-state index contributed by atoms with van der Waals surface area (Å²) in [6, 6.07) is 8.34. The third kappa shape index (κ3) is 4.78. The second-order valence-electron chi connectivity index (χ2n) is 5.54. The summed E-state index contributed by atoms with van der Waals surface area (Å²) >= 11 is 5.62. The average Bonchev–Trinajstić information content (AvgIpc) is 2.70. The van der Waals surface area contributed by atoms with Crippen LogP contribution in [-0.2, 0) is 9.53 Å². The Bertz CT molecular complexity index is 906. The van der Waals surface area contributed by atoms with Gasteiger partial charge in [-0.25, -0.2) is 4.98 Å². The summed E-state index contributed by atoms with van der Waals surface area (Å²) in [6.45, 7) is 1.83. The van der Waals surface area contributed by atoms with Crippen LogP contribution in [0.2, 0.25) is 5.28 Å². The van der Waals surface area contributed by atoms with E-state index in [9.17, 15) is 14.4 Å². The molecule has 2 heterocycles. The molecule has 27 heavy (non-hydrogen) atoms. The molecule has 138 valence electrons. The van der Waals surface area contributed by atoms with Gasteiger partial charge in [-0.05, 0) is 35.4 Å². The first-order valence-electron chi connectivity index (χ1n) is 8.01. The van der Waals surface area contributed by atoms with Crippen molar-refractivity contribution >= 4 is 23.6 Å². The summed E-state index contributed by atoms with van der Waals surface area (Å²) in [5.41, 5.74) is 0.654. The van der Waals surface area contributed by atoms with Gasteiger partial charge >= 0.3 is 0 Å². The van der Waals surface area contributed by atoms with Crippen molar-refractivity contribution in [1.82, 2.24) is 14.9 Å². The molecule has 0 aliphatic carbocycles. The Morgan fingerprint density at radius 3 is 2.70 bits per heavy atom. The third-order valence-corrected chi connectivity index (χ3v) is 3.92. The molecule has 9 heteroatoms. The fraction of sp³-hybridized carbons (Fsp3) is 0.222. The molecule has 7 nitrogen and oxygen atoms in total. The highest BCUT2D eigenvalue weighted by atomic mass is 35.5. The van der Waals surface area contributed by atoms with Crippen LogP contribution in [0.25, 0.3) is 6.08 Å². The van der Waals surface area contributed by atoms with E-state index < -0.39 is 5.82 Å². The van der Waals surface area contributed by atoms with E-state index in [4.69, 9.17) is 21.1 Å². The van der Waals surface area contributed by atoms with Crippen molar-refractivity contribution in [3.05, 3.63) is 52.7 Å². The molecule has 0 spiro atoms. The first-order chi connectivity index (χ1) is 13.1. The minimum atomic E-state index is -0.744. The zero-order valence-corrected chi connectivity index (χ0v) is 14.8. The highest BCUT2D eigenvalue weighted by Crippen LogP contribution is 2.24. The van der Waals surface area contributed by atoms with Crippen molar-refractivity contribution in [3.63, 3.8) is 0 Å². The van der Waals surface area contributed by atoms with E-state index >= 15 is 0 Å². The van der Waals surface area contributed by atoms with Gasteiger partial charge in [-0.15, -0.1) is 0 Å². The van der Waals surface area contributed by atoms with Gasteiger partial charge in [0.2, 0.25) is 11.1 Å². The number of hydrogen-bond acceptors (Lipinski definition) is 6. The lowest BCUT2D eigenvalue weighted by Gasteiger charge is -2.26. The molecule has 1 aliphatic heterocycles. The number of morpholine rings is 1. The van der Waals surface area contributed by atoms with Crippen LogP contribution in [0.15, 0.2) is 36.0 Å². The molecule has 0 unspecified atom stereocenters. The molecule has 0 bridgehead atoms. The van der Waals surface area contributed by atoms with Gasteiger partial charge in [-0.2, -0.15) is 14.6 Å². The number of hydrogen-bond donors (Lipinski definition) is 0. The van der Waals surface area contributed by atoms with Crippen molar-refractivity contribution in [1.29, 1.82) is 5.26 Å². The Kier molecular flexibility index (Phi) is 5.96. The zero-order valence-electron chi connectivity index (χ0n) is 14.1. The number of nitrogens with zero attached hydrogens (tertiary/aromatic N) is 4. The van der Waals surface area contributed by atoms with E-state index in [1.807, 2.05) is 6.07 Å². The zero-order chi connectivity index (χ0) is 19.2. The quantitative estimate of drug-likeness (QED) is 0.454. The summed E-state index contributed by atoms with van der Waals surface area (Å²) in [6.07, 6.45) is 2.40. The monoisotopic (exact) mass is 388 g/mol. The van der Waals surface area contributed by atoms with Gasteiger partial charge in [0, 0.05) is 13.1 Å². The maximum Gasteiger partial charge on any atom is 0.264 e. The van der Waals surface area contributed by atoms with Crippen LogP contribution in [0.4, 0.5) is 4.39 Å². The summed E-state index contributed by atoms with van der Waals surface area (Å²) in [5.74, 6) is -1.05. The predicted octanol–water partition coefficient (Wildman–Crippen LogP) is 2.83. The highest BCUT2D eigenvalue weighted by molar-refractivity contribution is 6.28. The Labute approximate surface area is 159 Å². The average molecular weight is 389 g/mol. The SMILES string of the molecule is N#C/C(=C/c1ccc(Oc2nc(Cl)ncc2F)cc1)C(=O)N1CCOCC1. The van der Waals surface area contributed by atoms with Crippen LogP contribution < -0.4 is 4.74 Å². The molecule has 0 atom stereocenters. The molecule has 0 saturated carbocycles. The molecule has 1 fully saturated rings. The van der Waals surface area contributed by atoms with Crippen molar-refractivity contribution in [2.45, 2.75) is 0 Å². The van der Waals surface area contributed by atoms with Crippen LogP contribution in [-0.4, -0.2) is 47.1 Å². The first kappa shape index (κ1) is 18.8. The van der Waals surface area contributed by atoms with Crippen LogP contribution in [0.1, 0.15) is 5.56 Å². The lowest BCUT2D eigenvalue weighted by atomic mass is 10.1. The predicted molar refractivity (Wildman–Crippen MR) is 94.5 cm³/mol. The number of ether oxygens (including phenoxy) is 2. The lowest BCUT2D eigenvalue weighted by Crippen LogP contribution is -2.41. The van der Waals surface area contributed by atoms with E-state index in [1.165, 1.54) is 6.08 Å². The number of carbonyl (C=O) groups excluding carboxylic acids is 1. The second kappa shape index (κ2) is 8.58. The maximum atomic E-state index is 13.6. The van der Waals surface area contributed by atoms with Gasteiger partial charge in [0.05, 0.1) is 19.4 Å². The molecule has 1 amide bonds. The fourth-order valence-corrected chi connectivity index (χ4v) is 2.52. The summed E-state index contributed by atoms with van der Waals surface area (Å²) < 4.78 is 24.2. The molecular weight excluding hydrogens is 375 g/mol. The summed E-state index contributed by atoms with van der Waals surface area (Å²) in [5, 5.41) is 9.17. The van der Waals surface area contributed by atoms with E-state index in [2.05, 4.69) is 9.97 Å². The van der Waals surface area contributed by atoms with Crippen LogP contribution in [0.5, 0.6) is 11.6 Å². The van der Waals surface area contributed by atoms with E-state index in [-0.39, 0.29) is 22.6 Å². The molecule has 2 aromatic rings. The minimum absolute atomic E-state index is 0.0270. The van der Waals surface area contributed by atoms with Crippen LogP contribution in [0, 0.1) is 17.1 Å². The van der Waals surface area contributed by atoms with Gasteiger partial charge in [0.15, 0.2) is 0 Å². The molecule has 1 saturated heterocycles. The van der Waals surface area contributed by atoms with Gasteiger partial charge < -0.3 is 14.4 Å². The number of nitriles is 1. The minimum Gasteiger partial charge on any atom is -0.436 e. The molecule has 3 rings (SSSR count). The molecule has 1 aliphatic rings. The molecular formula is C18H14ClFN4O3. The van der Waals surface area contributed by atoms with Gasteiger partial charge in [0.1, 0.15) is 17.4 Å². The van der Waals surface area contributed by atoms with Crippen molar-refractivity contribution < 1.29 is 18.7 Å². The largest absolute Gasteiger partial charge is 0.436 e. The van der Waals surface area contributed by atoms with E-state index in [0.717, 1.165) is 6.20 Å². The number of benzene rings is 1. The highest BCUT2D eigenvalue weighted by Gasteiger charge is 2.20. The van der Waals surface area contributed by atoms with Gasteiger partial charge in [-0.1, -0.05) is 12.1 Å².